The Bertz CT molecular complexity index is 286. The summed E-state index contributed by atoms with van der Waals surface area (Å²) in [7, 11) is 0. The maximum atomic E-state index is 11.6. The first-order valence-corrected chi connectivity index (χ1v) is 7.13. The first-order valence-electron chi connectivity index (χ1n) is 7.13. The van der Waals surface area contributed by atoms with E-state index in [1.807, 2.05) is 0 Å². The largest absolute Gasteiger partial charge is 0.462 e. The number of aliphatic hydroxyl groups is 2. The third-order valence-electron chi connectivity index (χ3n) is 4.71. The Balaban J connectivity index is 2.14. The van der Waals surface area contributed by atoms with E-state index in [2.05, 4.69) is 0 Å². The smallest absolute Gasteiger partial charge is 0.306 e. The number of hydrogen-bond acceptors (Lipinski definition) is 4. The minimum Gasteiger partial charge on any atom is -0.462 e. The molecule has 4 nitrogen and oxygen atoms in total. The number of hydrogen-bond donors (Lipinski definition) is 2. The van der Waals surface area contributed by atoms with Crippen LogP contribution in [0.1, 0.15) is 51.4 Å². The highest BCUT2D eigenvalue weighted by Gasteiger charge is 2.45. The zero-order chi connectivity index (χ0) is 13.0. The Hall–Kier alpha value is -0.610. The van der Waals surface area contributed by atoms with Gasteiger partial charge in [0.2, 0.25) is 0 Å². The SMILES string of the molecule is O=C1CCCCC(C2CCCCC2(CO)CO)O1. The van der Waals surface area contributed by atoms with Gasteiger partial charge in [-0.1, -0.05) is 12.8 Å². The average Bonchev–Trinajstić information content (AvgIpc) is 2.63. The zero-order valence-electron chi connectivity index (χ0n) is 10.9. The molecule has 0 radical (unpaired) electrons. The van der Waals surface area contributed by atoms with E-state index in [1.165, 1.54) is 0 Å². The fraction of sp³-hybridized carbons (Fsp3) is 0.929. The number of rotatable bonds is 3. The normalized spacial score (nSPS) is 32.7. The van der Waals surface area contributed by atoms with Crippen molar-refractivity contribution in [2.45, 2.75) is 57.5 Å². The van der Waals surface area contributed by atoms with Gasteiger partial charge in [0.25, 0.3) is 0 Å². The van der Waals surface area contributed by atoms with Crippen molar-refractivity contribution in [1.82, 2.24) is 0 Å². The lowest BCUT2D eigenvalue weighted by Crippen LogP contribution is -2.47. The van der Waals surface area contributed by atoms with Crippen LogP contribution >= 0.6 is 0 Å². The molecule has 0 aromatic rings. The van der Waals surface area contributed by atoms with Crippen molar-refractivity contribution in [2.75, 3.05) is 13.2 Å². The van der Waals surface area contributed by atoms with Gasteiger partial charge < -0.3 is 14.9 Å². The van der Waals surface area contributed by atoms with Crippen LogP contribution in [0.15, 0.2) is 0 Å². The summed E-state index contributed by atoms with van der Waals surface area (Å²) >= 11 is 0. The van der Waals surface area contributed by atoms with E-state index in [0.717, 1.165) is 44.9 Å². The van der Waals surface area contributed by atoms with Crippen LogP contribution in [-0.2, 0) is 9.53 Å². The van der Waals surface area contributed by atoms with Crippen molar-refractivity contribution in [3.05, 3.63) is 0 Å². The minimum atomic E-state index is -0.451. The van der Waals surface area contributed by atoms with Gasteiger partial charge in [0.05, 0.1) is 13.2 Å². The quantitative estimate of drug-likeness (QED) is 0.753. The van der Waals surface area contributed by atoms with Crippen molar-refractivity contribution in [2.24, 2.45) is 11.3 Å². The Labute approximate surface area is 108 Å². The lowest BCUT2D eigenvalue weighted by atomic mass is 9.64. The number of esters is 1. The van der Waals surface area contributed by atoms with Gasteiger partial charge in [-0.15, -0.1) is 0 Å². The van der Waals surface area contributed by atoms with Crippen LogP contribution in [0.4, 0.5) is 0 Å². The van der Waals surface area contributed by atoms with E-state index in [9.17, 15) is 15.0 Å². The minimum absolute atomic E-state index is 0.0117. The molecule has 0 aromatic heterocycles. The van der Waals surface area contributed by atoms with Gasteiger partial charge in [-0.05, 0) is 32.1 Å². The Morgan fingerprint density at radius 1 is 1.11 bits per heavy atom. The van der Waals surface area contributed by atoms with E-state index in [0.29, 0.717) is 6.42 Å². The molecule has 1 aliphatic carbocycles. The molecule has 2 unspecified atom stereocenters. The molecule has 2 atom stereocenters. The average molecular weight is 256 g/mol. The van der Waals surface area contributed by atoms with Gasteiger partial charge in [-0.3, -0.25) is 4.79 Å². The molecule has 1 heterocycles. The molecular weight excluding hydrogens is 232 g/mol. The van der Waals surface area contributed by atoms with Crippen LogP contribution in [-0.4, -0.2) is 35.5 Å². The Kier molecular flexibility index (Phi) is 4.62. The van der Waals surface area contributed by atoms with Crippen molar-refractivity contribution in [3.63, 3.8) is 0 Å². The number of aliphatic hydroxyl groups excluding tert-OH is 2. The lowest BCUT2D eigenvalue weighted by molar-refractivity contribution is -0.159. The molecule has 2 N–H and O–H groups in total. The summed E-state index contributed by atoms with van der Waals surface area (Å²) in [5.41, 5.74) is -0.451. The summed E-state index contributed by atoms with van der Waals surface area (Å²) in [6, 6.07) is 0. The molecule has 0 bridgehead atoms. The highest BCUT2D eigenvalue weighted by molar-refractivity contribution is 5.69. The van der Waals surface area contributed by atoms with Crippen molar-refractivity contribution in [3.8, 4) is 0 Å². The summed E-state index contributed by atoms with van der Waals surface area (Å²) in [6.07, 6.45) is 7.08. The molecule has 0 aromatic carbocycles. The second kappa shape index (κ2) is 6.02. The molecule has 1 saturated carbocycles. The van der Waals surface area contributed by atoms with Gasteiger partial charge >= 0.3 is 5.97 Å². The monoisotopic (exact) mass is 256 g/mol. The predicted octanol–water partition coefficient (Wildman–Crippen LogP) is 1.63. The van der Waals surface area contributed by atoms with Gasteiger partial charge in [-0.2, -0.15) is 0 Å². The van der Waals surface area contributed by atoms with Crippen molar-refractivity contribution < 1.29 is 19.7 Å². The Morgan fingerprint density at radius 3 is 2.56 bits per heavy atom. The van der Waals surface area contributed by atoms with Gasteiger partial charge in [-0.25, -0.2) is 0 Å². The number of carbonyl (C=O) groups excluding carboxylic acids is 1. The van der Waals surface area contributed by atoms with E-state index in [1.54, 1.807) is 0 Å². The zero-order valence-corrected chi connectivity index (χ0v) is 10.9. The summed E-state index contributed by atoms with van der Waals surface area (Å²) in [4.78, 5) is 11.6. The molecule has 4 heteroatoms. The predicted molar refractivity (Wildman–Crippen MR) is 66.9 cm³/mol. The molecule has 2 rings (SSSR count). The molecule has 104 valence electrons. The maximum absolute atomic E-state index is 11.6. The van der Waals surface area contributed by atoms with E-state index in [-0.39, 0.29) is 31.2 Å². The molecule has 2 fully saturated rings. The third-order valence-corrected chi connectivity index (χ3v) is 4.71. The maximum Gasteiger partial charge on any atom is 0.306 e. The Morgan fingerprint density at radius 2 is 1.83 bits per heavy atom. The summed E-state index contributed by atoms with van der Waals surface area (Å²) in [6.45, 7) is -0.0234. The standard InChI is InChI=1S/C14H24O4/c15-9-14(10-16)8-4-3-5-11(14)12-6-1-2-7-13(17)18-12/h11-12,15-16H,1-10H2. The topological polar surface area (TPSA) is 66.8 Å². The highest BCUT2D eigenvalue weighted by atomic mass is 16.5. The molecule has 1 saturated heterocycles. The number of carbonyl (C=O) groups is 1. The van der Waals surface area contributed by atoms with E-state index in [4.69, 9.17) is 4.74 Å². The van der Waals surface area contributed by atoms with Crippen LogP contribution in [0.25, 0.3) is 0 Å². The van der Waals surface area contributed by atoms with Crippen LogP contribution < -0.4 is 0 Å². The second-order valence-corrected chi connectivity index (χ2v) is 5.80. The molecular formula is C14H24O4. The molecule has 2 aliphatic rings. The van der Waals surface area contributed by atoms with Crippen LogP contribution in [0.5, 0.6) is 0 Å². The van der Waals surface area contributed by atoms with Crippen LogP contribution in [0.2, 0.25) is 0 Å². The third kappa shape index (κ3) is 2.69. The van der Waals surface area contributed by atoms with E-state index < -0.39 is 5.41 Å². The van der Waals surface area contributed by atoms with Crippen LogP contribution in [0, 0.1) is 11.3 Å². The first-order chi connectivity index (χ1) is 8.72. The first kappa shape index (κ1) is 13.8. The molecule has 0 spiro atoms. The summed E-state index contributed by atoms with van der Waals surface area (Å²) in [5, 5.41) is 19.4. The lowest BCUT2D eigenvalue weighted by Gasteiger charge is -2.44. The van der Waals surface area contributed by atoms with E-state index >= 15 is 0 Å². The van der Waals surface area contributed by atoms with Crippen LogP contribution in [0.3, 0.4) is 0 Å². The summed E-state index contributed by atoms with van der Waals surface area (Å²) in [5.74, 6) is -0.00356. The highest BCUT2D eigenvalue weighted by Crippen LogP contribution is 2.45. The molecule has 1 aliphatic heterocycles. The fourth-order valence-electron chi connectivity index (χ4n) is 3.54. The second-order valence-electron chi connectivity index (χ2n) is 5.80. The van der Waals surface area contributed by atoms with Gasteiger partial charge in [0.1, 0.15) is 6.10 Å². The number of cyclic esters (lactones) is 1. The molecule has 0 amide bonds. The van der Waals surface area contributed by atoms with Gasteiger partial charge in [0, 0.05) is 17.8 Å². The fourth-order valence-corrected chi connectivity index (χ4v) is 3.54. The number of ether oxygens (including phenoxy) is 1. The molecule has 18 heavy (non-hydrogen) atoms. The van der Waals surface area contributed by atoms with Crippen molar-refractivity contribution in [1.29, 1.82) is 0 Å². The van der Waals surface area contributed by atoms with Gasteiger partial charge in [0.15, 0.2) is 0 Å². The summed E-state index contributed by atoms with van der Waals surface area (Å²) < 4.78 is 5.55. The van der Waals surface area contributed by atoms with Crippen molar-refractivity contribution >= 4 is 5.97 Å².